The molecular weight excluding hydrogens is 289 g/mol. The van der Waals surface area contributed by atoms with E-state index in [4.69, 9.17) is 10.8 Å². The van der Waals surface area contributed by atoms with Crippen LogP contribution in [0.3, 0.4) is 0 Å². The van der Waals surface area contributed by atoms with Gasteiger partial charge in [0.15, 0.2) is 0 Å². The number of hydrogen-bond donors (Lipinski definition) is 3. The maximum Gasteiger partial charge on any atom is 0.416 e. The van der Waals surface area contributed by atoms with Gasteiger partial charge in [0.2, 0.25) is 5.91 Å². The second kappa shape index (κ2) is 5.03. The summed E-state index contributed by atoms with van der Waals surface area (Å²) in [5.41, 5.74) is 2.75. The first-order valence-electron chi connectivity index (χ1n) is 6.18. The molecule has 0 radical (unpaired) electrons. The molecule has 1 aromatic carbocycles. The van der Waals surface area contributed by atoms with Gasteiger partial charge in [0.25, 0.3) is 0 Å². The number of rotatable bonds is 3. The van der Waals surface area contributed by atoms with Gasteiger partial charge in [-0.3, -0.25) is 4.79 Å². The fourth-order valence-corrected chi connectivity index (χ4v) is 2.03. The summed E-state index contributed by atoms with van der Waals surface area (Å²) in [4.78, 5) is 22.8. The van der Waals surface area contributed by atoms with Crippen LogP contribution in [0.25, 0.3) is 0 Å². The van der Waals surface area contributed by atoms with Gasteiger partial charge in [-0.05, 0) is 37.5 Å². The molecule has 0 spiro atoms. The van der Waals surface area contributed by atoms with E-state index in [1.165, 1.54) is 0 Å². The lowest BCUT2D eigenvalue weighted by atomic mass is 9.77. The highest BCUT2D eigenvalue weighted by Gasteiger charge is 2.40. The van der Waals surface area contributed by atoms with Crippen LogP contribution in [0.2, 0.25) is 0 Å². The number of alkyl halides is 3. The van der Waals surface area contributed by atoms with Crippen LogP contribution >= 0.6 is 0 Å². The molecule has 1 amide bonds. The van der Waals surface area contributed by atoms with Crippen molar-refractivity contribution in [1.82, 2.24) is 0 Å². The van der Waals surface area contributed by atoms with Gasteiger partial charge in [0.1, 0.15) is 0 Å². The van der Waals surface area contributed by atoms with E-state index in [-0.39, 0.29) is 5.69 Å². The van der Waals surface area contributed by atoms with Gasteiger partial charge in [0, 0.05) is 5.69 Å². The zero-order valence-electron chi connectivity index (χ0n) is 10.8. The summed E-state index contributed by atoms with van der Waals surface area (Å²) in [5, 5.41) is 11.1. The second-order valence-electron chi connectivity index (χ2n) is 5.07. The van der Waals surface area contributed by atoms with Crippen LogP contribution in [-0.2, 0) is 11.0 Å². The van der Waals surface area contributed by atoms with Gasteiger partial charge >= 0.3 is 12.1 Å². The molecule has 0 unspecified atom stereocenters. The maximum absolute atomic E-state index is 12.7. The van der Waals surface area contributed by atoms with E-state index in [9.17, 15) is 22.8 Å². The van der Waals surface area contributed by atoms with Crippen LogP contribution in [0.4, 0.5) is 18.9 Å². The molecule has 0 bridgehead atoms. The summed E-state index contributed by atoms with van der Waals surface area (Å²) in [7, 11) is 0. The SMILES string of the molecule is NC1(C(=O)Nc2cc(C(=O)O)cc(C(F)(F)F)c2)CCC1. The third-order valence-corrected chi connectivity index (χ3v) is 3.46. The molecule has 1 aliphatic carbocycles. The molecule has 1 fully saturated rings. The van der Waals surface area contributed by atoms with E-state index >= 15 is 0 Å². The predicted octanol–water partition coefficient (Wildman–Crippen LogP) is 2.22. The standard InChI is InChI=1S/C13H13F3N2O3/c14-13(15,16)8-4-7(10(19)20)5-9(6-8)18-11(21)12(17)2-1-3-12/h4-6H,1-3,17H2,(H,18,21)(H,19,20). The number of hydrogen-bond acceptors (Lipinski definition) is 3. The van der Waals surface area contributed by atoms with E-state index in [0.717, 1.165) is 12.5 Å². The largest absolute Gasteiger partial charge is 0.478 e. The van der Waals surface area contributed by atoms with E-state index in [0.29, 0.717) is 25.0 Å². The summed E-state index contributed by atoms with van der Waals surface area (Å²) in [6, 6.07) is 2.17. The number of aromatic carboxylic acids is 1. The number of nitrogens with two attached hydrogens (primary N) is 1. The third kappa shape index (κ3) is 3.15. The maximum atomic E-state index is 12.7. The molecule has 0 heterocycles. The van der Waals surface area contributed by atoms with Crippen molar-refractivity contribution in [3.05, 3.63) is 29.3 Å². The Morgan fingerprint density at radius 1 is 1.24 bits per heavy atom. The van der Waals surface area contributed by atoms with Crippen molar-refractivity contribution in [2.45, 2.75) is 31.0 Å². The normalized spacial score (nSPS) is 17.0. The zero-order chi connectivity index (χ0) is 15.8. The topological polar surface area (TPSA) is 92.4 Å². The van der Waals surface area contributed by atoms with Crippen molar-refractivity contribution in [3.8, 4) is 0 Å². The number of anilines is 1. The van der Waals surface area contributed by atoms with Gasteiger partial charge in [-0.2, -0.15) is 13.2 Å². The molecule has 4 N–H and O–H groups in total. The molecule has 1 aromatic rings. The van der Waals surface area contributed by atoms with Gasteiger partial charge in [-0.15, -0.1) is 0 Å². The number of carbonyl (C=O) groups excluding carboxylic acids is 1. The molecule has 5 nitrogen and oxygen atoms in total. The number of halogens is 3. The Kier molecular flexibility index (Phi) is 3.66. The molecule has 2 rings (SSSR count). The van der Waals surface area contributed by atoms with Crippen molar-refractivity contribution in [3.63, 3.8) is 0 Å². The molecule has 1 saturated carbocycles. The molecular formula is C13H13F3N2O3. The van der Waals surface area contributed by atoms with Crippen molar-refractivity contribution < 1.29 is 27.9 Å². The lowest BCUT2D eigenvalue weighted by Crippen LogP contribution is -2.56. The number of carboxylic acid groups (broad SMARTS) is 1. The Bertz CT molecular complexity index is 595. The molecule has 0 saturated heterocycles. The van der Waals surface area contributed by atoms with Crippen molar-refractivity contribution in [1.29, 1.82) is 0 Å². The number of carbonyl (C=O) groups is 2. The number of benzene rings is 1. The van der Waals surface area contributed by atoms with E-state index in [1.54, 1.807) is 0 Å². The average Bonchev–Trinajstić information content (AvgIpc) is 2.34. The third-order valence-electron chi connectivity index (χ3n) is 3.46. The molecule has 8 heteroatoms. The molecule has 21 heavy (non-hydrogen) atoms. The van der Waals surface area contributed by atoms with Crippen LogP contribution in [0.1, 0.15) is 35.2 Å². The van der Waals surface area contributed by atoms with Gasteiger partial charge < -0.3 is 16.2 Å². The lowest BCUT2D eigenvalue weighted by molar-refractivity contribution is -0.137. The fraction of sp³-hybridized carbons (Fsp3) is 0.385. The molecule has 1 aliphatic rings. The quantitative estimate of drug-likeness (QED) is 0.798. The minimum atomic E-state index is -4.71. The Labute approximate surface area is 117 Å². The fourth-order valence-electron chi connectivity index (χ4n) is 2.03. The Hall–Kier alpha value is -2.09. The van der Waals surface area contributed by atoms with Crippen LogP contribution in [0.15, 0.2) is 18.2 Å². The first kappa shape index (κ1) is 15.3. The number of carboxylic acids is 1. The van der Waals surface area contributed by atoms with Crippen molar-refractivity contribution >= 4 is 17.6 Å². The molecule has 114 valence electrons. The van der Waals surface area contributed by atoms with Crippen LogP contribution in [-0.4, -0.2) is 22.5 Å². The zero-order valence-corrected chi connectivity index (χ0v) is 10.8. The van der Waals surface area contributed by atoms with Gasteiger partial charge in [-0.25, -0.2) is 4.79 Å². The Morgan fingerprint density at radius 2 is 1.86 bits per heavy atom. The minimum absolute atomic E-state index is 0.232. The average molecular weight is 302 g/mol. The van der Waals surface area contributed by atoms with Crippen LogP contribution in [0, 0.1) is 0 Å². The summed E-state index contributed by atoms with van der Waals surface area (Å²) in [6.07, 6.45) is -3.04. The summed E-state index contributed by atoms with van der Waals surface area (Å²) in [5.74, 6) is -2.12. The van der Waals surface area contributed by atoms with Crippen LogP contribution in [0.5, 0.6) is 0 Å². The minimum Gasteiger partial charge on any atom is -0.478 e. The Morgan fingerprint density at radius 3 is 2.29 bits per heavy atom. The Balaban J connectivity index is 2.32. The molecule has 0 atom stereocenters. The highest BCUT2D eigenvalue weighted by Crippen LogP contribution is 2.34. The monoisotopic (exact) mass is 302 g/mol. The first-order valence-corrected chi connectivity index (χ1v) is 6.18. The van der Waals surface area contributed by atoms with Gasteiger partial charge in [-0.1, -0.05) is 0 Å². The van der Waals surface area contributed by atoms with E-state index in [1.807, 2.05) is 0 Å². The highest BCUT2D eigenvalue weighted by molar-refractivity contribution is 5.99. The highest BCUT2D eigenvalue weighted by atomic mass is 19.4. The van der Waals surface area contributed by atoms with Gasteiger partial charge in [0.05, 0.1) is 16.7 Å². The lowest BCUT2D eigenvalue weighted by Gasteiger charge is -2.36. The summed E-state index contributed by atoms with van der Waals surface area (Å²) < 4.78 is 38.2. The molecule has 0 aromatic heterocycles. The molecule has 0 aliphatic heterocycles. The van der Waals surface area contributed by atoms with Crippen molar-refractivity contribution in [2.24, 2.45) is 5.73 Å². The summed E-state index contributed by atoms with van der Waals surface area (Å²) >= 11 is 0. The smallest absolute Gasteiger partial charge is 0.416 e. The predicted molar refractivity (Wildman–Crippen MR) is 67.8 cm³/mol. The summed E-state index contributed by atoms with van der Waals surface area (Å²) in [6.45, 7) is 0. The first-order chi connectivity index (χ1) is 9.62. The van der Waals surface area contributed by atoms with E-state index < -0.39 is 34.7 Å². The second-order valence-corrected chi connectivity index (χ2v) is 5.07. The van der Waals surface area contributed by atoms with Crippen LogP contribution < -0.4 is 11.1 Å². The number of amides is 1. The number of nitrogens with one attached hydrogen (secondary N) is 1. The van der Waals surface area contributed by atoms with Crippen molar-refractivity contribution in [2.75, 3.05) is 5.32 Å². The van der Waals surface area contributed by atoms with E-state index in [2.05, 4.69) is 5.32 Å².